The van der Waals surface area contributed by atoms with Gasteiger partial charge in [0.05, 0.1) is 31.5 Å². The molecule has 0 aliphatic carbocycles. The smallest absolute Gasteiger partial charge is 0.338 e. The second kappa shape index (κ2) is 16.3. The highest BCUT2D eigenvalue weighted by molar-refractivity contribution is 7.80. The summed E-state index contributed by atoms with van der Waals surface area (Å²) in [6, 6.07) is 15.3. The number of carbonyl (C=O) groups is 2. The molecule has 2 aromatic carbocycles. The first-order valence-corrected chi connectivity index (χ1v) is 15.8. The van der Waals surface area contributed by atoms with Crippen molar-refractivity contribution in [1.82, 2.24) is 0 Å². The third kappa shape index (κ3) is 10.0. The highest BCUT2D eigenvalue weighted by Crippen LogP contribution is 2.30. The number of hydrogen-bond acceptors (Lipinski definition) is 8. The standard InChI is InChI=1S/C31H36O5S3/c1-22(25-14-17-27(23(2)32)28(20-25)34-3)31(33)36-19-11-9-7-5-4-6-8-10-18-35-26-15-12-24(13-16-26)29-21-30(37)39-38-29/h12-17,20-21H,1,4-11,18-19H2,2-3H3. The molecule has 0 atom stereocenters. The molecule has 0 saturated heterocycles. The van der Waals surface area contributed by atoms with Crippen LogP contribution >= 0.6 is 32.9 Å². The minimum absolute atomic E-state index is 0.0970. The third-order valence-electron chi connectivity index (χ3n) is 6.32. The van der Waals surface area contributed by atoms with Gasteiger partial charge < -0.3 is 14.2 Å². The van der Waals surface area contributed by atoms with Crippen molar-refractivity contribution in [3.05, 3.63) is 70.1 Å². The summed E-state index contributed by atoms with van der Waals surface area (Å²) in [7, 11) is 4.83. The largest absolute Gasteiger partial charge is 0.496 e. The first kappa shape index (κ1) is 30.7. The zero-order valence-corrected chi connectivity index (χ0v) is 25.1. The molecule has 0 bridgehead atoms. The summed E-state index contributed by atoms with van der Waals surface area (Å²) < 4.78 is 17.5. The number of rotatable bonds is 17. The molecule has 0 amide bonds. The Hall–Kier alpha value is -2.81. The van der Waals surface area contributed by atoms with Gasteiger partial charge in [-0.3, -0.25) is 4.79 Å². The Morgan fingerprint density at radius 3 is 2.08 bits per heavy atom. The number of unbranched alkanes of at least 4 members (excludes halogenated alkanes) is 7. The lowest BCUT2D eigenvalue weighted by Gasteiger charge is -2.11. The van der Waals surface area contributed by atoms with Crippen LogP contribution < -0.4 is 9.47 Å². The van der Waals surface area contributed by atoms with Crippen molar-refractivity contribution in [3.8, 4) is 21.9 Å². The zero-order valence-electron chi connectivity index (χ0n) is 22.7. The van der Waals surface area contributed by atoms with E-state index in [0.29, 0.717) is 23.5 Å². The van der Waals surface area contributed by atoms with E-state index in [1.165, 1.54) is 43.7 Å². The number of benzene rings is 2. The molecular formula is C31H36O5S3. The zero-order chi connectivity index (χ0) is 28.0. The van der Waals surface area contributed by atoms with Crippen LogP contribution in [0.25, 0.3) is 16.0 Å². The van der Waals surface area contributed by atoms with Crippen LogP contribution in [0.4, 0.5) is 0 Å². The van der Waals surface area contributed by atoms with Crippen molar-refractivity contribution < 1.29 is 23.8 Å². The fourth-order valence-electron chi connectivity index (χ4n) is 4.08. The van der Waals surface area contributed by atoms with Gasteiger partial charge in [0.2, 0.25) is 0 Å². The van der Waals surface area contributed by atoms with E-state index >= 15 is 0 Å². The third-order valence-corrected chi connectivity index (χ3v) is 9.23. The van der Waals surface area contributed by atoms with Gasteiger partial charge in [0.1, 0.15) is 15.3 Å². The van der Waals surface area contributed by atoms with E-state index < -0.39 is 5.97 Å². The molecule has 0 unspecified atom stereocenters. The van der Waals surface area contributed by atoms with Crippen LogP contribution in [-0.4, -0.2) is 32.1 Å². The SMILES string of the molecule is C=C(C(=O)OCCCCCCCCCCOc1ccc(-c2cc(=S)ss2)cc1)c1ccc(C(C)=O)c(OC)c1. The van der Waals surface area contributed by atoms with E-state index in [1.807, 2.05) is 18.2 Å². The van der Waals surface area contributed by atoms with Crippen LogP contribution in [0.5, 0.6) is 11.5 Å². The predicted molar refractivity (Wildman–Crippen MR) is 164 cm³/mol. The number of Topliss-reactive ketones (excluding diaryl/α,β-unsaturated/α-hetero) is 1. The quantitative estimate of drug-likeness (QED) is 0.0394. The molecule has 1 aromatic heterocycles. The number of methoxy groups -OCH3 is 1. The van der Waals surface area contributed by atoms with Gasteiger partial charge in [-0.25, -0.2) is 4.79 Å². The van der Waals surface area contributed by atoms with Gasteiger partial charge >= 0.3 is 5.97 Å². The van der Waals surface area contributed by atoms with Crippen LogP contribution in [0.1, 0.15) is 74.2 Å². The molecule has 0 radical (unpaired) electrons. The molecule has 0 aliphatic heterocycles. The minimum atomic E-state index is -0.445. The van der Waals surface area contributed by atoms with E-state index in [4.69, 9.17) is 26.4 Å². The summed E-state index contributed by atoms with van der Waals surface area (Å²) in [5.74, 6) is 0.793. The Balaban J connectivity index is 1.19. The number of hydrogen-bond donors (Lipinski definition) is 0. The lowest BCUT2D eigenvalue weighted by Crippen LogP contribution is -2.08. The first-order valence-electron chi connectivity index (χ1n) is 13.3. The maximum Gasteiger partial charge on any atom is 0.338 e. The Bertz CT molecular complexity index is 1290. The van der Waals surface area contributed by atoms with Crippen molar-refractivity contribution in [2.45, 2.75) is 58.3 Å². The van der Waals surface area contributed by atoms with E-state index in [2.05, 4.69) is 18.7 Å². The molecule has 0 saturated carbocycles. The molecule has 8 heteroatoms. The molecular weight excluding hydrogens is 549 g/mol. The summed E-state index contributed by atoms with van der Waals surface area (Å²) >= 11 is 5.21. The van der Waals surface area contributed by atoms with Crippen molar-refractivity contribution >= 4 is 50.2 Å². The fourth-order valence-corrected chi connectivity index (χ4v) is 6.48. The summed E-state index contributed by atoms with van der Waals surface area (Å²) in [6.45, 7) is 6.44. The Kier molecular flexibility index (Phi) is 12.9. The van der Waals surface area contributed by atoms with Gasteiger partial charge in [-0.15, -0.1) is 0 Å². The molecule has 208 valence electrons. The minimum Gasteiger partial charge on any atom is -0.496 e. The molecule has 0 fully saturated rings. The van der Waals surface area contributed by atoms with Gasteiger partial charge in [0.15, 0.2) is 5.78 Å². The van der Waals surface area contributed by atoms with Gasteiger partial charge in [0, 0.05) is 4.88 Å². The van der Waals surface area contributed by atoms with Crippen LogP contribution in [0.15, 0.2) is 55.1 Å². The van der Waals surface area contributed by atoms with Crippen LogP contribution in [0, 0.1) is 3.82 Å². The normalized spacial score (nSPS) is 10.7. The van der Waals surface area contributed by atoms with Crippen molar-refractivity contribution in [3.63, 3.8) is 0 Å². The molecule has 39 heavy (non-hydrogen) atoms. The molecule has 3 aromatic rings. The molecule has 3 rings (SSSR count). The van der Waals surface area contributed by atoms with E-state index in [9.17, 15) is 9.59 Å². The highest BCUT2D eigenvalue weighted by Gasteiger charge is 2.15. The summed E-state index contributed by atoms with van der Waals surface area (Å²) in [5, 5.41) is 0. The second-order valence-electron chi connectivity index (χ2n) is 9.28. The first-order chi connectivity index (χ1) is 18.9. The monoisotopic (exact) mass is 584 g/mol. The van der Waals surface area contributed by atoms with Crippen molar-refractivity contribution in [2.24, 2.45) is 0 Å². The number of ketones is 1. The Morgan fingerprint density at radius 1 is 0.846 bits per heavy atom. The van der Waals surface area contributed by atoms with Gasteiger partial charge in [0.25, 0.3) is 0 Å². The van der Waals surface area contributed by atoms with Crippen LogP contribution in [0.2, 0.25) is 0 Å². The van der Waals surface area contributed by atoms with Crippen LogP contribution in [-0.2, 0) is 9.53 Å². The lowest BCUT2D eigenvalue weighted by molar-refractivity contribution is -0.136. The molecule has 0 N–H and O–H groups in total. The maximum absolute atomic E-state index is 12.3. The number of esters is 1. The Labute approximate surface area is 243 Å². The topological polar surface area (TPSA) is 61.8 Å². The van der Waals surface area contributed by atoms with Gasteiger partial charge in [-0.05, 0) is 73.4 Å². The average Bonchev–Trinajstić information content (AvgIpc) is 3.39. The maximum atomic E-state index is 12.3. The number of carbonyl (C=O) groups excluding carboxylic acids is 2. The predicted octanol–water partition coefficient (Wildman–Crippen LogP) is 9.17. The summed E-state index contributed by atoms with van der Waals surface area (Å²) in [4.78, 5) is 25.2. The molecule has 1 heterocycles. The fraction of sp³-hybridized carbons (Fsp3) is 0.387. The number of ether oxygens (including phenoxy) is 3. The lowest BCUT2D eigenvalue weighted by atomic mass is 10.0. The molecule has 0 spiro atoms. The average molecular weight is 585 g/mol. The van der Waals surface area contributed by atoms with Crippen LogP contribution in [0.3, 0.4) is 0 Å². The van der Waals surface area contributed by atoms with E-state index in [-0.39, 0.29) is 11.4 Å². The highest BCUT2D eigenvalue weighted by atomic mass is 32.9. The second-order valence-corrected chi connectivity index (χ2v) is 12.2. The molecule has 5 nitrogen and oxygen atoms in total. The van der Waals surface area contributed by atoms with Crippen molar-refractivity contribution in [2.75, 3.05) is 20.3 Å². The van der Waals surface area contributed by atoms with E-state index in [1.54, 1.807) is 38.9 Å². The molecule has 0 aliphatic rings. The Morgan fingerprint density at radius 2 is 1.49 bits per heavy atom. The van der Waals surface area contributed by atoms with Gasteiger partial charge in [-0.1, -0.05) is 84.1 Å². The summed E-state index contributed by atoms with van der Waals surface area (Å²) in [6.07, 6.45) is 8.79. The summed E-state index contributed by atoms with van der Waals surface area (Å²) in [5.41, 5.74) is 2.50. The van der Waals surface area contributed by atoms with Gasteiger partial charge in [-0.2, -0.15) is 0 Å². The van der Waals surface area contributed by atoms with E-state index in [0.717, 1.165) is 48.3 Å². The van der Waals surface area contributed by atoms with Crippen molar-refractivity contribution in [1.29, 1.82) is 0 Å².